The number of aromatic nitrogens is 2. The molecule has 0 atom stereocenters. The number of fused-ring (bicyclic) bond motifs is 1. The molecule has 1 aromatic carbocycles. The Morgan fingerprint density at radius 3 is 2.76 bits per heavy atom. The molecule has 0 radical (unpaired) electrons. The zero-order valence-electron chi connectivity index (χ0n) is 11.1. The summed E-state index contributed by atoms with van der Waals surface area (Å²) in [6.45, 7) is 0.234. The van der Waals surface area contributed by atoms with E-state index in [-0.39, 0.29) is 6.79 Å². The molecule has 5 nitrogen and oxygen atoms in total. The molecule has 0 saturated heterocycles. The molecule has 1 aromatic heterocycles. The van der Waals surface area contributed by atoms with E-state index in [1.165, 1.54) is 23.5 Å². The van der Waals surface area contributed by atoms with Crippen molar-refractivity contribution in [3.8, 4) is 11.5 Å². The van der Waals surface area contributed by atoms with Gasteiger partial charge in [-0.2, -0.15) is 0 Å². The van der Waals surface area contributed by atoms with Crippen LogP contribution < -0.4 is 15.2 Å². The van der Waals surface area contributed by atoms with Crippen molar-refractivity contribution in [1.29, 1.82) is 0 Å². The maximum Gasteiger partial charge on any atom is 0.231 e. The zero-order valence-corrected chi connectivity index (χ0v) is 13.5. The smallest absolute Gasteiger partial charge is 0.231 e. The number of nitrogens with two attached hydrogens (primary N) is 1. The van der Waals surface area contributed by atoms with E-state index in [1.54, 1.807) is 12.1 Å². The second-order valence-electron chi connectivity index (χ2n) is 4.20. The van der Waals surface area contributed by atoms with Crippen LogP contribution >= 0.6 is 35.1 Å². The molecule has 0 saturated carbocycles. The Hall–Kier alpha value is -1.31. The van der Waals surface area contributed by atoms with Crippen LogP contribution in [-0.2, 0) is 5.75 Å². The summed E-state index contributed by atoms with van der Waals surface area (Å²) in [5.74, 6) is 2.49. The summed E-state index contributed by atoms with van der Waals surface area (Å²) < 4.78 is 10.6. The quantitative estimate of drug-likeness (QED) is 0.518. The lowest BCUT2D eigenvalue weighted by Gasteiger charge is -2.06. The minimum Gasteiger partial charge on any atom is -0.454 e. The summed E-state index contributed by atoms with van der Waals surface area (Å²) in [5.41, 5.74) is 6.71. The summed E-state index contributed by atoms with van der Waals surface area (Å²) >= 11 is 9.26. The number of nitrogen functional groups attached to an aromatic ring is 1. The number of hydrogen-bond acceptors (Lipinski definition) is 7. The molecule has 2 aromatic rings. The van der Waals surface area contributed by atoms with Gasteiger partial charge in [0.25, 0.3) is 0 Å². The maximum absolute atomic E-state index is 6.25. The number of hydrogen-bond donors (Lipinski definition) is 1. The molecular formula is C13H12ClN3O2S2. The SMILES string of the molecule is CSc1cc(N)nc(SCc2cc3c(cc2Cl)OCO3)n1. The van der Waals surface area contributed by atoms with Crippen molar-refractivity contribution >= 4 is 40.9 Å². The first-order valence-corrected chi connectivity index (χ1v) is 8.64. The number of rotatable bonds is 4. The molecular weight excluding hydrogens is 330 g/mol. The first-order chi connectivity index (χ1) is 10.2. The summed E-state index contributed by atoms with van der Waals surface area (Å²) in [4.78, 5) is 8.62. The van der Waals surface area contributed by atoms with Crippen molar-refractivity contribution in [3.05, 3.63) is 28.8 Å². The lowest BCUT2D eigenvalue weighted by atomic mass is 10.2. The molecule has 0 spiro atoms. The van der Waals surface area contributed by atoms with Gasteiger partial charge in [0.2, 0.25) is 6.79 Å². The van der Waals surface area contributed by atoms with E-state index in [2.05, 4.69) is 9.97 Å². The Morgan fingerprint density at radius 1 is 1.24 bits per heavy atom. The van der Waals surface area contributed by atoms with Crippen LogP contribution in [0.2, 0.25) is 5.02 Å². The maximum atomic E-state index is 6.25. The van der Waals surface area contributed by atoms with Crippen LogP contribution in [0.4, 0.5) is 5.82 Å². The lowest BCUT2D eigenvalue weighted by molar-refractivity contribution is 0.174. The van der Waals surface area contributed by atoms with E-state index in [0.717, 1.165) is 10.6 Å². The van der Waals surface area contributed by atoms with Gasteiger partial charge in [0.15, 0.2) is 16.7 Å². The molecule has 0 amide bonds. The summed E-state index contributed by atoms with van der Waals surface area (Å²) in [7, 11) is 0. The van der Waals surface area contributed by atoms with Crippen molar-refractivity contribution in [2.75, 3.05) is 18.8 Å². The molecule has 2 heterocycles. The number of anilines is 1. The third kappa shape index (κ3) is 3.30. The topological polar surface area (TPSA) is 70.3 Å². The van der Waals surface area contributed by atoms with Gasteiger partial charge in [-0.05, 0) is 17.9 Å². The average molecular weight is 342 g/mol. The highest BCUT2D eigenvalue weighted by molar-refractivity contribution is 7.99. The zero-order chi connectivity index (χ0) is 14.8. The normalized spacial score (nSPS) is 12.7. The molecule has 0 unspecified atom stereocenters. The monoisotopic (exact) mass is 341 g/mol. The second-order valence-corrected chi connectivity index (χ2v) is 6.38. The van der Waals surface area contributed by atoms with Crippen molar-refractivity contribution in [3.63, 3.8) is 0 Å². The molecule has 8 heteroatoms. The van der Waals surface area contributed by atoms with Crippen LogP contribution in [0.3, 0.4) is 0 Å². The van der Waals surface area contributed by atoms with Crippen LogP contribution in [-0.4, -0.2) is 23.0 Å². The van der Waals surface area contributed by atoms with Gasteiger partial charge >= 0.3 is 0 Å². The Morgan fingerprint density at radius 2 is 2.00 bits per heavy atom. The van der Waals surface area contributed by atoms with Crippen molar-refractivity contribution in [2.24, 2.45) is 0 Å². The van der Waals surface area contributed by atoms with E-state index < -0.39 is 0 Å². The van der Waals surface area contributed by atoms with Gasteiger partial charge in [0.05, 0.1) is 0 Å². The Kier molecular flexibility index (Phi) is 4.32. The summed E-state index contributed by atoms with van der Waals surface area (Å²) in [6.07, 6.45) is 1.95. The van der Waals surface area contributed by atoms with Gasteiger partial charge < -0.3 is 15.2 Å². The predicted octanol–water partition coefficient (Wildman–Crippen LogP) is 3.46. The van der Waals surface area contributed by atoms with E-state index in [9.17, 15) is 0 Å². The van der Waals surface area contributed by atoms with Gasteiger partial charge in [0.1, 0.15) is 10.8 Å². The van der Waals surface area contributed by atoms with Crippen LogP contribution in [0.25, 0.3) is 0 Å². The summed E-state index contributed by atoms with van der Waals surface area (Å²) in [5, 5.41) is 2.12. The van der Waals surface area contributed by atoms with E-state index in [1.807, 2.05) is 12.3 Å². The highest BCUT2D eigenvalue weighted by atomic mass is 35.5. The van der Waals surface area contributed by atoms with Gasteiger partial charge in [-0.15, -0.1) is 11.8 Å². The van der Waals surface area contributed by atoms with Gasteiger partial charge in [-0.3, -0.25) is 0 Å². The molecule has 21 heavy (non-hydrogen) atoms. The van der Waals surface area contributed by atoms with E-state index in [0.29, 0.717) is 33.2 Å². The minimum absolute atomic E-state index is 0.234. The molecule has 1 aliphatic heterocycles. The lowest BCUT2D eigenvalue weighted by Crippen LogP contribution is -1.96. The fraction of sp³-hybridized carbons (Fsp3) is 0.231. The first-order valence-electron chi connectivity index (χ1n) is 6.05. The molecule has 1 aliphatic rings. The molecule has 0 aliphatic carbocycles. The van der Waals surface area contributed by atoms with E-state index in [4.69, 9.17) is 26.8 Å². The standard InChI is InChI=1S/C13H12ClN3O2S2/c1-20-12-4-11(15)16-13(17-12)21-5-7-2-9-10(3-8(7)14)19-6-18-9/h2-4H,5-6H2,1H3,(H2,15,16,17). The van der Waals surface area contributed by atoms with Crippen LogP contribution in [0, 0.1) is 0 Å². The van der Waals surface area contributed by atoms with Gasteiger partial charge in [-0.25, -0.2) is 9.97 Å². The molecule has 3 rings (SSSR count). The largest absolute Gasteiger partial charge is 0.454 e. The Labute approximate surface area is 135 Å². The van der Waals surface area contributed by atoms with E-state index >= 15 is 0 Å². The first kappa shape index (κ1) is 14.6. The second kappa shape index (κ2) is 6.21. The van der Waals surface area contributed by atoms with Crippen LogP contribution in [0.5, 0.6) is 11.5 Å². The number of benzene rings is 1. The number of halogens is 1. The highest BCUT2D eigenvalue weighted by Gasteiger charge is 2.17. The van der Waals surface area contributed by atoms with Crippen molar-refractivity contribution in [2.45, 2.75) is 15.9 Å². The van der Waals surface area contributed by atoms with Gasteiger partial charge in [0, 0.05) is 22.9 Å². The fourth-order valence-electron chi connectivity index (χ4n) is 1.80. The van der Waals surface area contributed by atoms with Gasteiger partial charge in [-0.1, -0.05) is 23.4 Å². The third-order valence-corrected chi connectivity index (χ3v) is 4.68. The van der Waals surface area contributed by atoms with Crippen LogP contribution in [0.1, 0.15) is 5.56 Å². The van der Waals surface area contributed by atoms with Crippen LogP contribution in [0.15, 0.2) is 28.4 Å². The fourth-order valence-corrected chi connectivity index (χ4v) is 3.43. The highest BCUT2D eigenvalue weighted by Crippen LogP contribution is 2.38. The van der Waals surface area contributed by atoms with Crippen molar-refractivity contribution < 1.29 is 9.47 Å². The number of ether oxygens (including phenoxy) is 2. The third-order valence-electron chi connectivity index (χ3n) is 2.81. The summed E-state index contributed by atoms with van der Waals surface area (Å²) in [6, 6.07) is 5.41. The predicted molar refractivity (Wildman–Crippen MR) is 85.4 cm³/mol. The molecule has 2 N–H and O–H groups in total. The Bertz CT molecular complexity index is 685. The molecule has 0 fully saturated rings. The number of thioether (sulfide) groups is 2. The molecule has 0 bridgehead atoms. The van der Waals surface area contributed by atoms with Crippen molar-refractivity contribution in [1.82, 2.24) is 9.97 Å². The average Bonchev–Trinajstić information content (AvgIpc) is 2.91. The molecule has 110 valence electrons. The Balaban J connectivity index is 1.77. The number of nitrogens with zero attached hydrogens (tertiary/aromatic N) is 2. The minimum atomic E-state index is 0.234.